The molecule has 5 aliphatic heterocycles. The zero-order chi connectivity index (χ0) is 54.5. The van der Waals surface area contributed by atoms with E-state index < -0.39 is 111 Å². The number of para-hydroxylation sites is 1. The number of amides is 1. The smallest absolute Gasteiger partial charge is 0.242 e. The summed E-state index contributed by atoms with van der Waals surface area (Å²) >= 11 is 0. The standard InChI is InChI=1S/C53H68N8O16/c1-26(66)18-57-60-39-16-28(10-12-55-39)30(20-65)22-74-49-46(71)45(70)38-24-73-21-29(5-4-13-62)40(33-6-2-3-7-37(33)61-25-56-42-50(61)58-53(54)59-51(42)72)36-17-35-41(44(69)34-15-27(19-64)8-9-32(34)43(35)68)48(47(36)77-52(49)76-38)75-23-31(67)11-14-63/h2-3,6-10,14-17,26,29-31,38,40,42,45-46,49-50,52-53,55-58,60,62,64-67,70-71H,4-5,11-13,18-25,54H2,1H3,(H,59,72)/t26-,29+,30+,31+,38-,40+,42+,45-,46+,49-,50+,52+,53-/m0/s1. The fourth-order valence-electron chi connectivity index (χ4n) is 10.8. The minimum absolute atomic E-state index is 0.0357. The van der Waals surface area contributed by atoms with Crippen LogP contribution in [0.1, 0.15) is 80.6 Å². The number of anilines is 1. The Bertz CT molecular complexity index is 2710. The van der Waals surface area contributed by atoms with Crippen LogP contribution in [-0.2, 0) is 30.4 Å². The van der Waals surface area contributed by atoms with E-state index in [-0.39, 0.29) is 104 Å². The van der Waals surface area contributed by atoms with E-state index in [1.165, 1.54) is 24.3 Å². The number of hydrogen-bond donors (Lipinski definition) is 14. The lowest BCUT2D eigenvalue weighted by atomic mass is 9.74. The molecule has 3 aromatic rings. The molecule has 6 aliphatic rings. The van der Waals surface area contributed by atoms with Gasteiger partial charge in [0, 0.05) is 65.9 Å². The molecule has 0 saturated carbocycles. The number of rotatable bonds is 20. The molecule has 9 rings (SSSR count). The van der Waals surface area contributed by atoms with Crippen LogP contribution in [0.4, 0.5) is 5.69 Å². The Morgan fingerprint density at radius 1 is 0.974 bits per heavy atom. The fourth-order valence-corrected chi connectivity index (χ4v) is 10.8. The number of hydrazine groups is 1. The van der Waals surface area contributed by atoms with Crippen LogP contribution in [-0.4, -0.2) is 180 Å². The van der Waals surface area contributed by atoms with Crippen LogP contribution >= 0.6 is 0 Å². The number of carbonyl (C=O) groups excluding carboxylic acids is 4. The summed E-state index contributed by atoms with van der Waals surface area (Å²) in [6, 6.07) is 12.5. The van der Waals surface area contributed by atoms with E-state index in [1.54, 1.807) is 19.1 Å². The minimum Gasteiger partial charge on any atom is -0.486 e. The number of aliphatic hydroxyl groups is 7. The monoisotopic (exact) mass is 1070 g/mol. The third kappa shape index (κ3) is 11.8. The van der Waals surface area contributed by atoms with E-state index in [0.717, 1.165) is 0 Å². The zero-order valence-electron chi connectivity index (χ0n) is 42.4. The predicted molar refractivity (Wildman–Crippen MR) is 273 cm³/mol. The second-order valence-corrected chi connectivity index (χ2v) is 20.0. The first-order valence-corrected chi connectivity index (χ1v) is 25.9. The molecule has 3 fully saturated rings. The Hall–Kier alpha value is -5.94. The largest absolute Gasteiger partial charge is 0.486 e. The van der Waals surface area contributed by atoms with Crippen LogP contribution in [0.2, 0.25) is 0 Å². The van der Waals surface area contributed by atoms with Gasteiger partial charge in [-0.3, -0.25) is 30.8 Å². The average Bonchev–Trinajstić information content (AvgIpc) is 3.94. The van der Waals surface area contributed by atoms with Gasteiger partial charge in [0.1, 0.15) is 61.6 Å². The first-order chi connectivity index (χ1) is 37.2. The van der Waals surface area contributed by atoms with Crippen LogP contribution < -0.4 is 52.2 Å². The summed E-state index contributed by atoms with van der Waals surface area (Å²) in [5, 5.41) is 88.5. The summed E-state index contributed by atoms with van der Waals surface area (Å²) in [5.74, 6) is -3.90. The lowest BCUT2D eigenvalue weighted by molar-refractivity contribution is -0.291. The Labute approximate surface area is 443 Å². The number of allylic oxidation sites excluding steroid dienone is 1. The zero-order valence-corrected chi connectivity index (χ0v) is 42.4. The highest BCUT2D eigenvalue weighted by atomic mass is 16.7. The molecule has 0 unspecified atom stereocenters. The van der Waals surface area contributed by atoms with Crippen LogP contribution in [0.5, 0.6) is 11.5 Å². The molecular weight excluding hydrogens is 1000 g/mol. The molecule has 3 saturated heterocycles. The third-order valence-electron chi connectivity index (χ3n) is 14.7. The Morgan fingerprint density at radius 3 is 2.56 bits per heavy atom. The van der Waals surface area contributed by atoms with E-state index in [2.05, 4.69) is 32.1 Å². The normalized spacial score (nSPS) is 28.1. The van der Waals surface area contributed by atoms with Gasteiger partial charge in [-0.2, -0.15) is 0 Å². The number of ketones is 2. The number of nitrogens with one attached hydrogen (secondary N) is 6. The Kier molecular flexibility index (Phi) is 18.0. The molecule has 0 aromatic heterocycles. The van der Waals surface area contributed by atoms with Crippen LogP contribution in [0.25, 0.3) is 0 Å². The second kappa shape index (κ2) is 24.8. The topological polar surface area (TPSA) is 357 Å². The molecular formula is C53H68N8O16. The van der Waals surface area contributed by atoms with Crippen molar-refractivity contribution in [3.63, 3.8) is 0 Å². The number of carbonyl (C=O) groups is 4. The third-order valence-corrected chi connectivity index (χ3v) is 14.7. The van der Waals surface area contributed by atoms with Gasteiger partial charge in [-0.15, -0.1) is 0 Å². The van der Waals surface area contributed by atoms with Gasteiger partial charge in [0.25, 0.3) is 0 Å². The number of benzene rings is 3. The highest BCUT2D eigenvalue weighted by molar-refractivity contribution is 6.29. The molecule has 1 amide bonds. The van der Waals surface area contributed by atoms with E-state index >= 15 is 9.59 Å². The Morgan fingerprint density at radius 2 is 1.79 bits per heavy atom. The van der Waals surface area contributed by atoms with Crippen LogP contribution in [0, 0.1) is 11.8 Å². The molecule has 77 heavy (non-hydrogen) atoms. The highest BCUT2D eigenvalue weighted by Gasteiger charge is 2.50. The highest BCUT2D eigenvalue weighted by Crippen LogP contribution is 2.52. The van der Waals surface area contributed by atoms with E-state index in [1.807, 2.05) is 29.2 Å². The molecule has 416 valence electrons. The van der Waals surface area contributed by atoms with E-state index in [0.29, 0.717) is 41.0 Å². The fraction of sp³-hybridized carbons (Fsp3) is 0.509. The summed E-state index contributed by atoms with van der Waals surface area (Å²) in [5.41, 5.74) is 14.2. The average molecular weight is 1070 g/mol. The van der Waals surface area contributed by atoms with Crippen molar-refractivity contribution in [3.8, 4) is 11.5 Å². The number of dihydropyridines is 1. The quantitative estimate of drug-likeness (QED) is 0.0322. The molecule has 3 aromatic carbocycles. The van der Waals surface area contributed by atoms with Crippen molar-refractivity contribution in [2.24, 2.45) is 17.6 Å². The van der Waals surface area contributed by atoms with Crippen molar-refractivity contribution >= 4 is 29.4 Å². The van der Waals surface area contributed by atoms with Gasteiger partial charge in [0.2, 0.25) is 12.2 Å². The van der Waals surface area contributed by atoms with Crippen molar-refractivity contribution < 1.29 is 78.6 Å². The van der Waals surface area contributed by atoms with Crippen molar-refractivity contribution in [1.82, 2.24) is 32.1 Å². The minimum atomic E-state index is -1.74. The van der Waals surface area contributed by atoms with E-state index in [9.17, 15) is 45.3 Å². The maximum atomic E-state index is 15.2. The lowest BCUT2D eigenvalue weighted by Gasteiger charge is -2.43. The van der Waals surface area contributed by atoms with Crippen molar-refractivity contribution in [2.75, 3.05) is 64.3 Å². The molecule has 24 heteroatoms. The molecule has 0 radical (unpaired) electrons. The lowest BCUT2D eigenvalue weighted by Crippen LogP contribution is -2.70. The van der Waals surface area contributed by atoms with Crippen LogP contribution in [0.3, 0.4) is 0 Å². The molecule has 24 nitrogen and oxygen atoms in total. The number of ether oxygens (including phenoxy) is 5. The summed E-state index contributed by atoms with van der Waals surface area (Å²) in [6.45, 7) is 0.0600. The summed E-state index contributed by atoms with van der Waals surface area (Å²) in [6.07, 6.45) is -7.25. The SMILES string of the molecule is C[C@H](O)CNNC1=CC([C@H](CO)CO[C@@H]2[C@H]3Oc4c(cc5c(c4OC[C@H](O)CC=O)C(=O)c4cc(CO)ccc4C5=O)[C@@H](c4ccccc4N4CN[C@H]5C(=O)N[C@@H](N)N[C@@H]54)[C@H](CCCO)COC[C@H](O3)[C@H](O)[C@H]2O)=CCN1. The molecule has 2 bridgehead atoms. The number of hydrogen-bond acceptors (Lipinski definition) is 23. The second-order valence-electron chi connectivity index (χ2n) is 20.0. The number of nitrogens with zero attached hydrogens (tertiary/aromatic N) is 1. The number of nitrogens with two attached hydrogens (primary N) is 1. The Balaban J connectivity index is 1.23. The van der Waals surface area contributed by atoms with Gasteiger partial charge in [0.15, 0.2) is 23.1 Å². The van der Waals surface area contributed by atoms with Gasteiger partial charge < -0.3 is 85.2 Å². The van der Waals surface area contributed by atoms with E-state index in [4.69, 9.17) is 29.4 Å². The van der Waals surface area contributed by atoms with Gasteiger partial charge in [-0.1, -0.05) is 30.3 Å². The predicted octanol–water partition coefficient (Wildman–Crippen LogP) is -2.48. The maximum absolute atomic E-state index is 15.2. The molecule has 0 spiro atoms. The van der Waals surface area contributed by atoms with Gasteiger partial charge in [-0.05, 0) is 72.7 Å². The molecule has 5 heterocycles. The number of aldehydes is 1. The summed E-state index contributed by atoms with van der Waals surface area (Å²) in [4.78, 5) is 57.2. The number of fused-ring (bicyclic) bond motifs is 6. The molecule has 15 N–H and O–H groups in total. The first-order valence-electron chi connectivity index (χ1n) is 25.9. The van der Waals surface area contributed by atoms with Crippen LogP contribution in [0.15, 0.2) is 72.1 Å². The van der Waals surface area contributed by atoms with Crippen molar-refractivity contribution in [3.05, 3.63) is 111 Å². The van der Waals surface area contributed by atoms with Crippen molar-refractivity contribution in [2.45, 2.75) is 100 Å². The maximum Gasteiger partial charge on any atom is 0.242 e. The molecule has 1 aliphatic carbocycles. The molecule has 13 atom stereocenters. The number of aliphatic hydroxyl groups excluding tert-OH is 7. The van der Waals surface area contributed by atoms with Gasteiger partial charge in [-0.25, -0.2) is 5.43 Å². The summed E-state index contributed by atoms with van der Waals surface area (Å²) in [7, 11) is 0. The van der Waals surface area contributed by atoms with Gasteiger partial charge in [0.05, 0.1) is 57.5 Å². The van der Waals surface area contributed by atoms with Crippen molar-refractivity contribution in [1.29, 1.82) is 0 Å². The van der Waals surface area contributed by atoms with Gasteiger partial charge >= 0.3 is 0 Å². The first kappa shape index (κ1) is 55.8. The summed E-state index contributed by atoms with van der Waals surface area (Å²) < 4.78 is 33.0.